The van der Waals surface area contributed by atoms with Crippen LogP contribution in [0.4, 0.5) is 16.2 Å². The summed E-state index contributed by atoms with van der Waals surface area (Å²) in [5, 5.41) is 13.4. The SMILES string of the molecule is CC(C)NC(=O)Nc1cc2c(N[C@@H]3CC[C@H](C)C3(C)C)c(C(N)=O)cnn2c1. The number of carbonyl (C=O) groups excluding carboxylic acids is 2. The Labute approximate surface area is 165 Å². The van der Waals surface area contributed by atoms with Gasteiger partial charge in [0.2, 0.25) is 0 Å². The molecule has 1 aliphatic carbocycles. The summed E-state index contributed by atoms with van der Waals surface area (Å²) in [6.45, 7) is 10.5. The Morgan fingerprint density at radius 1 is 1.32 bits per heavy atom. The van der Waals surface area contributed by atoms with Crippen molar-refractivity contribution in [3.63, 3.8) is 0 Å². The van der Waals surface area contributed by atoms with Gasteiger partial charge in [-0.05, 0) is 44.1 Å². The average Bonchev–Trinajstić information content (AvgIpc) is 3.09. The van der Waals surface area contributed by atoms with Crippen molar-refractivity contribution in [2.45, 2.75) is 59.5 Å². The maximum absolute atomic E-state index is 12.0. The molecule has 3 amide bonds. The lowest BCUT2D eigenvalue weighted by atomic mass is 9.80. The van der Waals surface area contributed by atoms with Gasteiger partial charge in [-0.3, -0.25) is 4.79 Å². The number of amides is 3. The largest absolute Gasteiger partial charge is 0.379 e. The van der Waals surface area contributed by atoms with Crippen molar-refractivity contribution in [1.82, 2.24) is 14.9 Å². The molecule has 0 radical (unpaired) electrons. The van der Waals surface area contributed by atoms with Crippen molar-refractivity contribution < 1.29 is 9.59 Å². The first-order valence-corrected chi connectivity index (χ1v) is 9.74. The summed E-state index contributed by atoms with van der Waals surface area (Å²) < 4.78 is 1.64. The summed E-state index contributed by atoms with van der Waals surface area (Å²) in [6.07, 6.45) is 5.33. The van der Waals surface area contributed by atoms with Crippen molar-refractivity contribution >= 4 is 28.8 Å². The van der Waals surface area contributed by atoms with Gasteiger partial charge in [0.25, 0.3) is 5.91 Å². The predicted octanol–water partition coefficient (Wildman–Crippen LogP) is 3.20. The van der Waals surface area contributed by atoms with Crippen molar-refractivity contribution in [2.24, 2.45) is 17.1 Å². The maximum Gasteiger partial charge on any atom is 0.319 e. The summed E-state index contributed by atoms with van der Waals surface area (Å²) >= 11 is 0. The van der Waals surface area contributed by atoms with E-state index in [-0.39, 0.29) is 23.5 Å². The molecule has 0 unspecified atom stereocenters. The lowest BCUT2D eigenvalue weighted by Crippen LogP contribution is -2.35. The minimum absolute atomic E-state index is 0.0282. The fraction of sp³-hybridized carbons (Fsp3) is 0.550. The van der Waals surface area contributed by atoms with E-state index in [4.69, 9.17) is 5.73 Å². The normalized spacial score (nSPS) is 21.1. The molecular weight excluding hydrogens is 356 g/mol. The molecule has 2 atom stereocenters. The zero-order chi connectivity index (χ0) is 20.6. The molecule has 0 aliphatic heterocycles. The van der Waals surface area contributed by atoms with E-state index in [2.05, 4.69) is 41.8 Å². The molecule has 1 fully saturated rings. The topological polar surface area (TPSA) is 114 Å². The highest BCUT2D eigenvalue weighted by Crippen LogP contribution is 2.44. The quantitative estimate of drug-likeness (QED) is 0.632. The number of anilines is 2. The molecule has 2 aromatic heterocycles. The number of nitrogens with one attached hydrogen (secondary N) is 3. The zero-order valence-electron chi connectivity index (χ0n) is 17.2. The summed E-state index contributed by atoms with van der Waals surface area (Å²) in [6, 6.07) is 1.75. The van der Waals surface area contributed by atoms with Crippen LogP contribution in [0.25, 0.3) is 5.52 Å². The fourth-order valence-electron chi connectivity index (χ4n) is 3.83. The Kier molecular flexibility index (Phi) is 5.23. The second-order valence-corrected chi connectivity index (χ2v) is 8.61. The minimum Gasteiger partial charge on any atom is -0.379 e. The third-order valence-electron chi connectivity index (χ3n) is 5.96. The van der Waals surface area contributed by atoms with E-state index in [9.17, 15) is 9.59 Å². The summed E-state index contributed by atoms with van der Waals surface area (Å²) in [5.41, 5.74) is 7.99. The number of nitrogens with two attached hydrogens (primary N) is 1. The van der Waals surface area contributed by atoms with Crippen molar-refractivity contribution in [2.75, 3.05) is 10.6 Å². The Balaban J connectivity index is 1.98. The van der Waals surface area contributed by atoms with Gasteiger partial charge in [0, 0.05) is 12.1 Å². The van der Waals surface area contributed by atoms with Crippen LogP contribution >= 0.6 is 0 Å². The second kappa shape index (κ2) is 7.33. The molecule has 28 heavy (non-hydrogen) atoms. The van der Waals surface area contributed by atoms with Crippen LogP contribution in [0.15, 0.2) is 18.5 Å². The predicted molar refractivity (Wildman–Crippen MR) is 111 cm³/mol. The van der Waals surface area contributed by atoms with E-state index in [1.54, 1.807) is 16.8 Å². The van der Waals surface area contributed by atoms with E-state index in [1.165, 1.54) is 6.20 Å². The molecule has 0 aromatic carbocycles. The first-order valence-electron chi connectivity index (χ1n) is 9.74. The molecule has 0 bridgehead atoms. The lowest BCUT2D eigenvalue weighted by molar-refractivity contribution is 0.100. The Morgan fingerprint density at radius 3 is 2.61 bits per heavy atom. The molecule has 0 spiro atoms. The van der Waals surface area contributed by atoms with Crippen LogP contribution in [0.3, 0.4) is 0 Å². The van der Waals surface area contributed by atoms with Crippen LogP contribution in [0.1, 0.15) is 57.8 Å². The lowest BCUT2D eigenvalue weighted by Gasteiger charge is -2.33. The number of primary amides is 1. The van der Waals surface area contributed by atoms with Gasteiger partial charge in [-0.25, -0.2) is 9.31 Å². The van der Waals surface area contributed by atoms with Gasteiger partial charge < -0.3 is 21.7 Å². The van der Waals surface area contributed by atoms with Crippen molar-refractivity contribution in [3.8, 4) is 0 Å². The molecule has 5 N–H and O–H groups in total. The number of rotatable bonds is 5. The van der Waals surface area contributed by atoms with Gasteiger partial charge in [-0.15, -0.1) is 0 Å². The molecule has 8 heteroatoms. The Morgan fingerprint density at radius 2 is 2.04 bits per heavy atom. The first-order chi connectivity index (χ1) is 13.1. The molecule has 1 saturated carbocycles. The van der Waals surface area contributed by atoms with Gasteiger partial charge in [-0.2, -0.15) is 5.10 Å². The zero-order valence-corrected chi connectivity index (χ0v) is 17.2. The van der Waals surface area contributed by atoms with Gasteiger partial charge in [0.1, 0.15) is 0 Å². The van der Waals surface area contributed by atoms with Crippen LogP contribution in [0, 0.1) is 11.3 Å². The number of hydrogen-bond acceptors (Lipinski definition) is 4. The van der Waals surface area contributed by atoms with E-state index in [0.29, 0.717) is 28.4 Å². The average molecular weight is 387 g/mol. The van der Waals surface area contributed by atoms with E-state index >= 15 is 0 Å². The van der Waals surface area contributed by atoms with Gasteiger partial charge in [-0.1, -0.05) is 20.8 Å². The Hall–Kier alpha value is -2.77. The number of fused-ring (bicyclic) bond motifs is 1. The second-order valence-electron chi connectivity index (χ2n) is 8.61. The third-order valence-corrected chi connectivity index (χ3v) is 5.96. The smallest absolute Gasteiger partial charge is 0.319 e. The van der Waals surface area contributed by atoms with E-state index in [1.807, 2.05) is 13.8 Å². The number of urea groups is 1. The van der Waals surface area contributed by atoms with Crippen LogP contribution in [-0.4, -0.2) is 33.6 Å². The highest BCUT2D eigenvalue weighted by Gasteiger charge is 2.41. The highest BCUT2D eigenvalue weighted by molar-refractivity contribution is 6.02. The Bertz CT molecular complexity index is 901. The molecule has 1 aliphatic rings. The number of hydrogen-bond donors (Lipinski definition) is 4. The molecule has 2 aromatic rings. The van der Waals surface area contributed by atoms with E-state index in [0.717, 1.165) is 12.8 Å². The minimum atomic E-state index is -0.533. The number of carbonyl (C=O) groups is 2. The fourth-order valence-corrected chi connectivity index (χ4v) is 3.83. The van der Waals surface area contributed by atoms with E-state index < -0.39 is 5.91 Å². The molecule has 8 nitrogen and oxygen atoms in total. The molecule has 3 rings (SSSR count). The first kappa shape index (κ1) is 20.0. The standard InChI is InChI=1S/C20H30N6O2/c1-11(2)23-19(28)24-13-8-15-17(14(18(21)27)9-22-26(15)10-13)25-16-7-6-12(3)20(16,4)5/h8-12,16,25H,6-7H2,1-5H3,(H2,21,27)(H2,23,24,28)/t12-,16+/m0/s1. The molecule has 0 saturated heterocycles. The summed E-state index contributed by atoms with van der Waals surface area (Å²) in [4.78, 5) is 24.0. The van der Waals surface area contributed by atoms with Gasteiger partial charge in [0.15, 0.2) is 0 Å². The monoisotopic (exact) mass is 386 g/mol. The number of aromatic nitrogens is 2. The van der Waals surface area contributed by atoms with Gasteiger partial charge in [0.05, 0.1) is 34.8 Å². The highest BCUT2D eigenvalue weighted by atomic mass is 16.2. The summed E-state index contributed by atoms with van der Waals surface area (Å²) in [5.74, 6) is 0.0400. The van der Waals surface area contributed by atoms with Crippen LogP contribution < -0.4 is 21.7 Å². The van der Waals surface area contributed by atoms with Crippen LogP contribution in [0.5, 0.6) is 0 Å². The van der Waals surface area contributed by atoms with Crippen LogP contribution in [0.2, 0.25) is 0 Å². The molecular formula is C20H30N6O2. The van der Waals surface area contributed by atoms with Crippen molar-refractivity contribution in [3.05, 3.63) is 24.0 Å². The van der Waals surface area contributed by atoms with Crippen LogP contribution in [-0.2, 0) is 0 Å². The molecule has 2 heterocycles. The van der Waals surface area contributed by atoms with Gasteiger partial charge >= 0.3 is 6.03 Å². The number of nitrogens with zero attached hydrogens (tertiary/aromatic N) is 2. The molecule has 152 valence electrons. The van der Waals surface area contributed by atoms with Crippen molar-refractivity contribution in [1.29, 1.82) is 0 Å². The maximum atomic E-state index is 12.0. The third kappa shape index (κ3) is 3.76. The summed E-state index contributed by atoms with van der Waals surface area (Å²) in [7, 11) is 0.